The van der Waals surface area contributed by atoms with Crippen LogP contribution in [0, 0.1) is 0 Å². The van der Waals surface area contributed by atoms with E-state index in [1.165, 1.54) is 12.1 Å². The summed E-state index contributed by atoms with van der Waals surface area (Å²) in [6, 6.07) is 4.51. The summed E-state index contributed by atoms with van der Waals surface area (Å²) >= 11 is 0. The maximum Gasteiger partial charge on any atom is 0.157 e. The monoisotopic (exact) mass is 177 g/mol. The number of hydrogen-bond donors (Lipinski definition) is 3. The van der Waals surface area contributed by atoms with Crippen molar-refractivity contribution in [2.45, 2.75) is 0 Å². The van der Waals surface area contributed by atoms with Gasteiger partial charge in [-0.15, -0.1) is 0 Å². The van der Waals surface area contributed by atoms with Crippen LogP contribution in [0.4, 0.5) is 0 Å². The number of nitrogens with two attached hydrogens (primary N) is 1. The zero-order valence-electron chi connectivity index (χ0n) is 7.07. The highest BCUT2D eigenvalue weighted by molar-refractivity contribution is 5.56. The van der Waals surface area contributed by atoms with Crippen molar-refractivity contribution in [3.05, 3.63) is 42.1 Å². The summed E-state index contributed by atoms with van der Waals surface area (Å²) in [5, 5.41) is 18.1. The van der Waals surface area contributed by atoms with E-state index in [-0.39, 0.29) is 11.5 Å². The lowest BCUT2D eigenvalue weighted by atomic mass is 10.2. The van der Waals surface area contributed by atoms with Crippen LogP contribution in [0.1, 0.15) is 5.56 Å². The predicted molar refractivity (Wildman–Crippen MR) is 52.1 cm³/mol. The molecule has 4 N–H and O–H groups in total. The van der Waals surface area contributed by atoms with E-state index < -0.39 is 0 Å². The molecule has 68 valence electrons. The molecule has 0 heterocycles. The second-order valence-electron chi connectivity index (χ2n) is 2.66. The van der Waals surface area contributed by atoms with Gasteiger partial charge >= 0.3 is 0 Å². The molecule has 0 aliphatic heterocycles. The van der Waals surface area contributed by atoms with Gasteiger partial charge in [-0.3, -0.25) is 0 Å². The van der Waals surface area contributed by atoms with Crippen molar-refractivity contribution in [3.8, 4) is 11.5 Å². The molecule has 0 saturated carbocycles. The van der Waals surface area contributed by atoms with Gasteiger partial charge in [0.2, 0.25) is 0 Å². The van der Waals surface area contributed by atoms with Crippen LogP contribution in [0.3, 0.4) is 0 Å². The zero-order chi connectivity index (χ0) is 9.84. The van der Waals surface area contributed by atoms with E-state index in [9.17, 15) is 0 Å². The molecule has 0 amide bonds. The van der Waals surface area contributed by atoms with Crippen LogP contribution >= 0.6 is 0 Å². The number of aromatic hydroxyl groups is 2. The summed E-state index contributed by atoms with van der Waals surface area (Å²) in [6.45, 7) is 3.49. The zero-order valence-corrected chi connectivity index (χ0v) is 7.07. The average molecular weight is 177 g/mol. The molecule has 1 rings (SSSR count). The number of phenolic OH excluding ortho intramolecular Hbond substituents is 2. The molecule has 0 fully saturated rings. The van der Waals surface area contributed by atoms with Gasteiger partial charge in [-0.1, -0.05) is 18.7 Å². The summed E-state index contributed by atoms with van der Waals surface area (Å²) < 4.78 is 0. The van der Waals surface area contributed by atoms with Crippen LogP contribution in [-0.2, 0) is 0 Å². The Hall–Kier alpha value is -1.90. The highest BCUT2D eigenvalue weighted by Crippen LogP contribution is 2.25. The Kier molecular flexibility index (Phi) is 2.59. The predicted octanol–water partition coefficient (Wildman–Crippen LogP) is 1.58. The molecule has 1 aromatic rings. The SMILES string of the molecule is C=C(N)/C=C\c1ccc(O)c(O)c1. The van der Waals surface area contributed by atoms with Gasteiger partial charge in [-0.05, 0) is 23.8 Å². The third kappa shape index (κ3) is 2.56. The molecule has 1 aromatic carbocycles. The van der Waals surface area contributed by atoms with Gasteiger partial charge in [-0.25, -0.2) is 0 Å². The van der Waals surface area contributed by atoms with Crippen molar-refractivity contribution in [1.82, 2.24) is 0 Å². The van der Waals surface area contributed by atoms with Crippen molar-refractivity contribution in [2.75, 3.05) is 0 Å². The van der Waals surface area contributed by atoms with E-state index in [1.54, 1.807) is 18.2 Å². The van der Waals surface area contributed by atoms with E-state index in [0.29, 0.717) is 5.70 Å². The van der Waals surface area contributed by atoms with Crippen LogP contribution in [0.15, 0.2) is 36.6 Å². The first kappa shape index (κ1) is 9.19. The Morgan fingerprint density at radius 2 is 2.00 bits per heavy atom. The minimum Gasteiger partial charge on any atom is -0.504 e. The standard InChI is InChI=1S/C10H11NO2/c1-7(11)2-3-8-4-5-9(12)10(13)6-8/h2-6,12-13H,1,11H2/b3-2-. The summed E-state index contributed by atoms with van der Waals surface area (Å²) in [7, 11) is 0. The van der Waals surface area contributed by atoms with E-state index in [2.05, 4.69) is 6.58 Å². The first-order valence-corrected chi connectivity index (χ1v) is 3.74. The number of benzene rings is 1. The minimum absolute atomic E-state index is 0.135. The molecule has 0 saturated heterocycles. The smallest absolute Gasteiger partial charge is 0.157 e. The Bertz CT molecular complexity index is 356. The third-order valence-corrected chi connectivity index (χ3v) is 1.49. The van der Waals surface area contributed by atoms with Crippen LogP contribution in [0.5, 0.6) is 11.5 Å². The molecule has 0 spiro atoms. The maximum absolute atomic E-state index is 9.13. The molecule has 13 heavy (non-hydrogen) atoms. The Labute approximate surface area is 76.4 Å². The molecule has 0 atom stereocenters. The molecule has 0 aliphatic rings. The fourth-order valence-corrected chi connectivity index (χ4v) is 0.847. The summed E-state index contributed by atoms with van der Waals surface area (Å²) in [5.41, 5.74) is 6.50. The van der Waals surface area contributed by atoms with E-state index in [4.69, 9.17) is 15.9 Å². The summed E-state index contributed by atoms with van der Waals surface area (Å²) in [6.07, 6.45) is 3.31. The normalized spacial score (nSPS) is 10.5. The maximum atomic E-state index is 9.13. The van der Waals surface area contributed by atoms with Gasteiger partial charge in [-0.2, -0.15) is 0 Å². The second-order valence-corrected chi connectivity index (χ2v) is 2.66. The highest BCUT2D eigenvalue weighted by Gasteiger charge is 1.97. The lowest BCUT2D eigenvalue weighted by molar-refractivity contribution is 0.403. The van der Waals surface area contributed by atoms with Crippen LogP contribution in [0.25, 0.3) is 6.08 Å². The summed E-state index contributed by atoms with van der Waals surface area (Å²) in [5.74, 6) is -0.284. The molecule has 0 bridgehead atoms. The van der Waals surface area contributed by atoms with E-state index in [0.717, 1.165) is 5.56 Å². The van der Waals surface area contributed by atoms with Crippen molar-refractivity contribution in [2.24, 2.45) is 5.73 Å². The lowest BCUT2D eigenvalue weighted by Crippen LogP contribution is -1.87. The van der Waals surface area contributed by atoms with Gasteiger partial charge in [0.25, 0.3) is 0 Å². The Morgan fingerprint density at radius 1 is 1.31 bits per heavy atom. The first-order chi connectivity index (χ1) is 6.09. The fourth-order valence-electron chi connectivity index (χ4n) is 0.847. The quantitative estimate of drug-likeness (QED) is 0.474. The number of phenols is 2. The molecule has 0 aromatic heterocycles. The topological polar surface area (TPSA) is 66.5 Å². The van der Waals surface area contributed by atoms with Crippen molar-refractivity contribution >= 4 is 6.08 Å². The molecule has 0 radical (unpaired) electrons. The van der Waals surface area contributed by atoms with Gasteiger partial charge in [0.05, 0.1) is 0 Å². The molecular formula is C10H11NO2. The van der Waals surface area contributed by atoms with Gasteiger partial charge in [0.1, 0.15) is 0 Å². The second kappa shape index (κ2) is 3.67. The van der Waals surface area contributed by atoms with Crippen molar-refractivity contribution in [1.29, 1.82) is 0 Å². The Morgan fingerprint density at radius 3 is 2.54 bits per heavy atom. The summed E-state index contributed by atoms with van der Waals surface area (Å²) in [4.78, 5) is 0. The molecule has 0 unspecified atom stereocenters. The van der Waals surface area contributed by atoms with E-state index in [1.807, 2.05) is 0 Å². The third-order valence-electron chi connectivity index (χ3n) is 1.49. The number of hydrogen-bond acceptors (Lipinski definition) is 3. The lowest BCUT2D eigenvalue weighted by Gasteiger charge is -1.98. The molecule has 0 aliphatic carbocycles. The fraction of sp³-hybridized carbons (Fsp3) is 0. The van der Waals surface area contributed by atoms with Crippen LogP contribution in [0.2, 0.25) is 0 Å². The highest BCUT2D eigenvalue weighted by atomic mass is 16.3. The van der Waals surface area contributed by atoms with Crippen molar-refractivity contribution < 1.29 is 10.2 Å². The van der Waals surface area contributed by atoms with Gasteiger partial charge in [0, 0.05) is 5.70 Å². The first-order valence-electron chi connectivity index (χ1n) is 3.74. The molecular weight excluding hydrogens is 166 g/mol. The largest absolute Gasteiger partial charge is 0.504 e. The van der Waals surface area contributed by atoms with E-state index >= 15 is 0 Å². The molecule has 3 heteroatoms. The number of rotatable bonds is 2. The van der Waals surface area contributed by atoms with Crippen molar-refractivity contribution in [3.63, 3.8) is 0 Å². The van der Waals surface area contributed by atoms with Crippen LogP contribution in [-0.4, -0.2) is 10.2 Å². The Balaban J connectivity index is 2.92. The minimum atomic E-state index is -0.148. The van der Waals surface area contributed by atoms with Crippen LogP contribution < -0.4 is 5.73 Å². The number of allylic oxidation sites excluding steroid dienone is 1. The average Bonchev–Trinajstić information content (AvgIpc) is 2.07. The van der Waals surface area contributed by atoms with Gasteiger partial charge < -0.3 is 15.9 Å². The van der Waals surface area contributed by atoms with Gasteiger partial charge in [0.15, 0.2) is 11.5 Å². The molecule has 3 nitrogen and oxygen atoms in total.